The summed E-state index contributed by atoms with van der Waals surface area (Å²) >= 11 is 0. The van der Waals surface area contributed by atoms with Gasteiger partial charge in [0.2, 0.25) is 5.91 Å². The standard InChI is InChI=1S/C11H24NOSi/c1-6-11(4,5)12-10(13)9-14(7-2)8-3/h6-9H2,1-5H3,(H,12,13). The summed E-state index contributed by atoms with van der Waals surface area (Å²) in [7, 11) is -0.414. The zero-order valence-electron chi connectivity index (χ0n) is 10.2. The summed E-state index contributed by atoms with van der Waals surface area (Å²) in [6, 6.07) is 3.17. The van der Waals surface area contributed by atoms with E-state index in [0.717, 1.165) is 12.5 Å². The van der Waals surface area contributed by atoms with Crippen molar-refractivity contribution in [2.75, 3.05) is 0 Å². The van der Waals surface area contributed by atoms with E-state index in [9.17, 15) is 4.79 Å². The number of carbonyl (C=O) groups is 1. The van der Waals surface area contributed by atoms with Gasteiger partial charge in [-0.15, -0.1) is 0 Å². The zero-order valence-corrected chi connectivity index (χ0v) is 11.2. The second-order valence-electron chi connectivity index (χ2n) is 4.42. The van der Waals surface area contributed by atoms with Crippen LogP contribution in [0.25, 0.3) is 0 Å². The predicted molar refractivity (Wildman–Crippen MR) is 64.0 cm³/mol. The first-order chi connectivity index (χ1) is 6.45. The Labute approximate surface area is 90.1 Å². The molecule has 0 aliphatic carbocycles. The molecule has 0 spiro atoms. The van der Waals surface area contributed by atoms with Crippen LogP contribution in [0.1, 0.15) is 41.0 Å². The fourth-order valence-electron chi connectivity index (χ4n) is 1.24. The van der Waals surface area contributed by atoms with Gasteiger partial charge in [-0.05, 0) is 20.3 Å². The Morgan fingerprint density at radius 3 is 2.07 bits per heavy atom. The molecule has 0 unspecified atom stereocenters. The molecule has 0 saturated carbocycles. The van der Waals surface area contributed by atoms with Gasteiger partial charge in [-0.1, -0.05) is 32.9 Å². The molecule has 14 heavy (non-hydrogen) atoms. The van der Waals surface area contributed by atoms with Crippen molar-refractivity contribution in [2.45, 2.75) is 64.7 Å². The molecule has 2 nitrogen and oxygen atoms in total. The van der Waals surface area contributed by atoms with Gasteiger partial charge in [0, 0.05) is 11.6 Å². The molecule has 1 N–H and O–H groups in total. The quantitative estimate of drug-likeness (QED) is 0.677. The van der Waals surface area contributed by atoms with E-state index in [2.05, 4.69) is 39.9 Å². The molecule has 1 radical (unpaired) electrons. The molecule has 0 aromatic carbocycles. The average Bonchev–Trinajstić information content (AvgIpc) is 2.13. The van der Waals surface area contributed by atoms with E-state index in [4.69, 9.17) is 0 Å². The first-order valence-electron chi connectivity index (χ1n) is 5.59. The summed E-state index contributed by atoms with van der Waals surface area (Å²) in [5, 5.41) is 3.09. The molecule has 0 atom stereocenters. The van der Waals surface area contributed by atoms with Crippen LogP contribution in [-0.2, 0) is 4.79 Å². The first-order valence-corrected chi connectivity index (χ1v) is 7.71. The third-order valence-corrected chi connectivity index (χ3v) is 5.59. The number of amides is 1. The summed E-state index contributed by atoms with van der Waals surface area (Å²) in [5.41, 5.74) is -0.0362. The molecule has 0 aromatic heterocycles. The van der Waals surface area contributed by atoms with Gasteiger partial charge in [-0.2, -0.15) is 0 Å². The second kappa shape index (κ2) is 6.22. The largest absolute Gasteiger partial charge is 0.351 e. The molecule has 0 fully saturated rings. The molecule has 0 rings (SSSR count). The van der Waals surface area contributed by atoms with Crippen molar-refractivity contribution in [2.24, 2.45) is 0 Å². The van der Waals surface area contributed by atoms with Crippen LogP contribution in [0.5, 0.6) is 0 Å². The lowest BCUT2D eigenvalue weighted by Gasteiger charge is -2.25. The summed E-state index contributed by atoms with van der Waals surface area (Å²) in [5.74, 6) is 0.245. The van der Waals surface area contributed by atoms with Gasteiger partial charge in [0.15, 0.2) is 0 Å². The zero-order chi connectivity index (χ0) is 11.2. The number of rotatable bonds is 6. The van der Waals surface area contributed by atoms with Crippen molar-refractivity contribution in [3.05, 3.63) is 0 Å². The Morgan fingerprint density at radius 1 is 1.21 bits per heavy atom. The van der Waals surface area contributed by atoms with Gasteiger partial charge >= 0.3 is 0 Å². The lowest BCUT2D eigenvalue weighted by Crippen LogP contribution is -2.43. The Kier molecular flexibility index (Phi) is 6.08. The third-order valence-electron chi connectivity index (χ3n) is 2.77. The van der Waals surface area contributed by atoms with E-state index in [1.165, 1.54) is 12.1 Å². The maximum Gasteiger partial charge on any atom is 0.217 e. The molecule has 0 saturated heterocycles. The van der Waals surface area contributed by atoms with Gasteiger partial charge in [-0.3, -0.25) is 4.79 Å². The number of carbonyl (C=O) groups excluding carboxylic acids is 1. The minimum absolute atomic E-state index is 0.0362. The third kappa shape index (κ3) is 5.42. The fourth-order valence-corrected chi connectivity index (χ4v) is 2.78. The maximum absolute atomic E-state index is 11.7. The predicted octanol–water partition coefficient (Wildman–Crippen LogP) is 2.83. The number of hydrogen-bond acceptors (Lipinski definition) is 1. The number of hydrogen-bond donors (Lipinski definition) is 1. The highest BCUT2D eigenvalue weighted by Gasteiger charge is 2.19. The van der Waals surface area contributed by atoms with Crippen LogP contribution < -0.4 is 5.32 Å². The lowest BCUT2D eigenvalue weighted by atomic mass is 10.0. The van der Waals surface area contributed by atoms with E-state index in [0.29, 0.717) is 0 Å². The van der Waals surface area contributed by atoms with Crippen LogP contribution in [0.3, 0.4) is 0 Å². The van der Waals surface area contributed by atoms with Crippen LogP contribution >= 0.6 is 0 Å². The molecule has 0 bridgehead atoms. The minimum Gasteiger partial charge on any atom is -0.351 e. The maximum atomic E-state index is 11.7. The van der Waals surface area contributed by atoms with E-state index in [-0.39, 0.29) is 11.4 Å². The van der Waals surface area contributed by atoms with E-state index in [1.54, 1.807) is 0 Å². The summed E-state index contributed by atoms with van der Waals surface area (Å²) < 4.78 is 0. The molecule has 0 aliphatic rings. The molecular formula is C11H24NOSi. The van der Waals surface area contributed by atoms with E-state index >= 15 is 0 Å². The first kappa shape index (κ1) is 13.7. The van der Waals surface area contributed by atoms with Crippen LogP contribution in [0, 0.1) is 0 Å². The Bertz CT molecular complexity index is 176. The summed E-state index contributed by atoms with van der Waals surface area (Å²) in [6.07, 6.45) is 0.985. The van der Waals surface area contributed by atoms with Crippen LogP contribution in [0.15, 0.2) is 0 Å². The number of nitrogens with one attached hydrogen (secondary N) is 1. The van der Waals surface area contributed by atoms with Gasteiger partial charge in [0.1, 0.15) is 0 Å². The van der Waals surface area contributed by atoms with E-state index in [1.807, 2.05) is 0 Å². The molecule has 3 heteroatoms. The van der Waals surface area contributed by atoms with Crippen molar-refractivity contribution in [3.8, 4) is 0 Å². The highest BCUT2D eigenvalue weighted by atomic mass is 28.3. The Balaban J connectivity index is 3.97. The van der Waals surface area contributed by atoms with Crippen LogP contribution in [-0.4, -0.2) is 20.2 Å². The molecular weight excluding hydrogens is 190 g/mol. The topological polar surface area (TPSA) is 29.1 Å². The molecule has 0 heterocycles. The Hall–Kier alpha value is -0.313. The van der Waals surface area contributed by atoms with Crippen LogP contribution in [0.4, 0.5) is 0 Å². The highest BCUT2D eigenvalue weighted by molar-refractivity contribution is 6.62. The molecule has 83 valence electrons. The van der Waals surface area contributed by atoms with E-state index < -0.39 is 8.80 Å². The highest BCUT2D eigenvalue weighted by Crippen LogP contribution is 2.10. The van der Waals surface area contributed by atoms with Gasteiger partial charge in [-0.25, -0.2) is 0 Å². The van der Waals surface area contributed by atoms with Gasteiger partial charge in [0.05, 0.1) is 8.80 Å². The van der Waals surface area contributed by atoms with Gasteiger partial charge < -0.3 is 5.32 Å². The van der Waals surface area contributed by atoms with Crippen LogP contribution in [0.2, 0.25) is 18.1 Å². The average molecular weight is 214 g/mol. The smallest absolute Gasteiger partial charge is 0.217 e. The normalized spacial score (nSPS) is 11.9. The molecule has 0 aliphatic heterocycles. The summed E-state index contributed by atoms with van der Waals surface area (Å²) in [6.45, 7) is 10.6. The van der Waals surface area contributed by atoms with Crippen molar-refractivity contribution in [1.82, 2.24) is 5.32 Å². The SMILES string of the molecule is CC[Si](CC)CC(=O)NC(C)(C)CC. The molecule has 0 aromatic rings. The fraction of sp³-hybridized carbons (Fsp3) is 0.909. The minimum atomic E-state index is -0.414. The van der Waals surface area contributed by atoms with Crippen molar-refractivity contribution < 1.29 is 4.79 Å². The van der Waals surface area contributed by atoms with Gasteiger partial charge in [0.25, 0.3) is 0 Å². The second-order valence-corrected chi connectivity index (χ2v) is 7.69. The van der Waals surface area contributed by atoms with Crippen molar-refractivity contribution in [3.63, 3.8) is 0 Å². The lowest BCUT2D eigenvalue weighted by molar-refractivity contribution is -0.120. The molecule has 1 amide bonds. The van der Waals surface area contributed by atoms with Crippen molar-refractivity contribution in [1.29, 1.82) is 0 Å². The monoisotopic (exact) mass is 214 g/mol. The van der Waals surface area contributed by atoms with Crippen molar-refractivity contribution >= 4 is 14.7 Å². The Morgan fingerprint density at radius 2 is 1.71 bits per heavy atom. The summed E-state index contributed by atoms with van der Waals surface area (Å²) in [4.78, 5) is 11.7.